The maximum Gasteiger partial charge on any atom is 0.253 e. The highest BCUT2D eigenvalue weighted by Crippen LogP contribution is 2.24. The van der Waals surface area contributed by atoms with E-state index >= 15 is 0 Å². The Labute approximate surface area is 160 Å². The number of likely N-dealkylation sites (N-methyl/N-ethyl adjacent to an activating group) is 1. The van der Waals surface area contributed by atoms with E-state index in [2.05, 4.69) is 34.0 Å². The second-order valence-electron chi connectivity index (χ2n) is 7.70. The van der Waals surface area contributed by atoms with Crippen LogP contribution in [0.3, 0.4) is 0 Å². The molecule has 2 heterocycles. The number of nitrogens with zero attached hydrogens (tertiary/aromatic N) is 4. The monoisotopic (exact) mass is 365 g/mol. The van der Waals surface area contributed by atoms with Crippen molar-refractivity contribution in [1.29, 1.82) is 0 Å². The van der Waals surface area contributed by atoms with Crippen molar-refractivity contribution in [3.05, 3.63) is 53.0 Å². The van der Waals surface area contributed by atoms with Gasteiger partial charge in [-0.25, -0.2) is 9.97 Å². The van der Waals surface area contributed by atoms with E-state index in [1.165, 1.54) is 24.0 Å². The van der Waals surface area contributed by atoms with Crippen LogP contribution in [-0.4, -0.2) is 51.9 Å². The van der Waals surface area contributed by atoms with Crippen LogP contribution < -0.4 is 5.73 Å². The molecule has 1 fully saturated rings. The molecule has 0 bridgehead atoms. The summed E-state index contributed by atoms with van der Waals surface area (Å²) in [6.45, 7) is 2.17. The predicted octanol–water partition coefficient (Wildman–Crippen LogP) is 2.28. The first-order chi connectivity index (χ1) is 13.1. The third kappa shape index (κ3) is 3.95. The molecule has 2 aliphatic rings. The number of amides is 1. The van der Waals surface area contributed by atoms with Crippen LogP contribution in [0, 0.1) is 0 Å². The van der Waals surface area contributed by atoms with Gasteiger partial charge in [-0.2, -0.15) is 0 Å². The molecule has 0 unspecified atom stereocenters. The second-order valence-corrected chi connectivity index (χ2v) is 7.70. The minimum atomic E-state index is 0.152. The third-order valence-corrected chi connectivity index (χ3v) is 5.79. The number of aryl methyl sites for hydroxylation is 2. The number of anilines is 1. The smallest absolute Gasteiger partial charge is 0.253 e. The summed E-state index contributed by atoms with van der Waals surface area (Å²) in [6.07, 6.45) is 7.39. The van der Waals surface area contributed by atoms with Gasteiger partial charge in [0.05, 0.1) is 6.54 Å². The van der Waals surface area contributed by atoms with Crippen molar-refractivity contribution in [2.45, 2.75) is 44.7 Å². The lowest BCUT2D eigenvalue weighted by Gasteiger charge is -2.24. The Morgan fingerprint density at radius 1 is 1.26 bits per heavy atom. The van der Waals surface area contributed by atoms with Gasteiger partial charge >= 0.3 is 0 Å². The van der Waals surface area contributed by atoms with E-state index in [0.29, 0.717) is 18.4 Å². The SMILES string of the molecule is CN(Cc1nccc(N)n1)[C@H]1CCN(C(=O)c2ccc3c(c2)CCCC3)C1. The van der Waals surface area contributed by atoms with Gasteiger partial charge in [-0.1, -0.05) is 6.07 Å². The summed E-state index contributed by atoms with van der Waals surface area (Å²) in [7, 11) is 2.06. The minimum absolute atomic E-state index is 0.152. The molecule has 1 aliphatic heterocycles. The molecule has 1 aromatic heterocycles. The van der Waals surface area contributed by atoms with Gasteiger partial charge in [0.2, 0.25) is 0 Å². The summed E-state index contributed by atoms with van der Waals surface area (Å²) in [6, 6.07) is 8.28. The number of likely N-dealkylation sites (tertiary alicyclic amines) is 1. The maximum atomic E-state index is 13.0. The van der Waals surface area contributed by atoms with Crippen LogP contribution >= 0.6 is 0 Å². The molecule has 6 heteroatoms. The van der Waals surface area contributed by atoms with Gasteiger partial charge in [-0.05, 0) is 68.5 Å². The van der Waals surface area contributed by atoms with Gasteiger partial charge in [0, 0.05) is 30.9 Å². The van der Waals surface area contributed by atoms with Crippen LogP contribution in [-0.2, 0) is 19.4 Å². The first kappa shape index (κ1) is 17.9. The molecule has 0 saturated carbocycles. The van der Waals surface area contributed by atoms with Crippen molar-refractivity contribution >= 4 is 11.7 Å². The standard InChI is InChI=1S/C21H27N5O/c1-25(14-20-23-10-8-19(22)24-20)18-9-11-26(13-18)21(27)17-7-6-15-4-2-3-5-16(15)12-17/h6-8,10,12,18H,2-5,9,11,13-14H2,1H3,(H2,22,23,24)/t18-/m0/s1. The van der Waals surface area contributed by atoms with E-state index in [1.54, 1.807) is 12.3 Å². The van der Waals surface area contributed by atoms with Crippen molar-refractivity contribution in [1.82, 2.24) is 19.8 Å². The van der Waals surface area contributed by atoms with E-state index in [1.807, 2.05) is 11.0 Å². The number of hydrogen-bond acceptors (Lipinski definition) is 5. The first-order valence-electron chi connectivity index (χ1n) is 9.79. The number of carbonyl (C=O) groups excluding carboxylic acids is 1. The molecule has 0 radical (unpaired) electrons. The fourth-order valence-corrected chi connectivity index (χ4v) is 4.18. The summed E-state index contributed by atoms with van der Waals surface area (Å²) in [4.78, 5) is 25.7. The fraction of sp³-hybridized carbons (Fsp3) is 0.476. The highest BCUT2D eigenvalue weighted by Gasteiger charge is 2.30. The van der Waals surface area contributed by atoms with Gasteiger partial charge in [0.15, 0.2) is 0 Å². The van der Waals surface area contributed by atoms with Gasteiger partial charge < -0.3 is 10.6 Å². The third-order valence-electron chi connectivity index (χ3n) is 5.79. The molecule has 2 aromatic rings. The average Bonchev–Trinajstić information content (AvgIpc) is 3.17. The summed E-state index contributed by atoms with van der Waals surface area (Å²) in [5, 5.41) is 0. The van der Waals surface area contributed by atoms with Crippen LogP contribution in [0.4, 0.5) is 5.82 Å². The number of nitrogens with two attached hydrogens (primary N) is 1. The van der Waals surface area contributed by atoms with Crippen LogP contribution in [0.15, 0.2) is 30.5 Å². The largest absolute Gasteiger partial charge is 0.384 e. The molecule has 27 heavy (non-hydrogen) atoms. The second kappa shape index (κ2) is 7.64. The summed E-state index contributed by atoms with van der Waals surface area (Å²) < 4.78 is 0. The molecule has 2 N–H and O–H groups in total. The number of hydrogen-bond donors (Lipinski definition) is 1. The Morgan fingerprint density at radius 3 is 2.89 bits per heavy atom. The number of rotatable bonds is 4. The number of benzene rings is 1. The van der Waals surface area contributed by atoms with E-state index in [-0.39, 0.29) is 5.91 Å². The Balaban J connectivity index is 1.39. The molecular weight excluding hydrogens is 338 g/mol. The van der Waals surface area contributed by atoms with Gasteiger partial charge in [0.25, 0.3) is 5.91 Å². The molecule has 1 atom stereocenters. The molecule has 1 amide bonds. The van der Waals surface area contributed by atoms with Crippen molar-refractivity contribution < 1.29 is 4.79 Å². The lowest BCUT2D eigenvalue weighted by molar-refractivity contribution is 0.0779. The average molecular weight is 365 g/mol. The van der Waals surface area contributed by atoms with E-state index < -0.39 is 0 Å². The lowest BCUT2D eigenvalue weighted by Crippen LogP contribution is -2.36. The summed E-state index contributed by atoms with van der Waals surface area (Å²) in [5.74, 6) is 1.36. The summed E-state index contributed by atoms with van der Waals surface area (Å²) >= 11 is 0. The number of aromatic nitrogens is 2. The normalized spacial score (nSPS) is 19.3. The van der Waals surface area contributed by atoms with Gasteiger partial charge in [0.1, 0.15) is 11.6 Å². The zero-order valence-corrected chi connectivity index (χ0v) is 15.9. The molecular formula is C21H27N5O. The van der Waals surface area contributed by atoms with E-state index in [9.17, 15) is 4.79 Å². The quantitative estimate of drug-likeness (QED) is 0.900. The van der Waals surface area contributed by atoms with Crippen LogP contribution in [0.25, 0.3) is 0 Å². The van der Waals surface area contributed by atoms with E-state index in [0.717, 1.165) is 43.7 Å². The van der Waals surface area contributed by atoms with Crippen LogP contribution in [0.1, 0.15) is 46.6 Å². The van der Waals surface area contributed by atoms with Crippen LogP contribution in [0.2, 0.25) is 0 Å². The zero-order valence-electron chi connectivity index (χ0n) is 15.9. The number of carbonyl (C=O) groups is 1. The number of nitrogen functional groups attached to an aromatic ring is 1. The maximum absolute atomic E-state index is 13.0. The summed E-state index contributed by atoms with van der Waals surface area (Å²) in [5.41, 5.74) is 9.35. The highest BCUT2D eigenvalue weighted by molar-refractivity contribution is 5.94. The lowest BCUT2D eigenvalue weighted by atomic mass is 9.90. The van der Waals surface area contributed by atoms with Gasteiger partial charge in [-0.3, -0.25) is 9.69 Å². The van der Waals surface area contributed by atoms with Crippen molar-refractivity contribution in [2.75, 3.05) is 25.9 Å². The van der Waals surface area contributed by atoms with Crippen molar-refractivity contribution in [3.8, 4) is 0 Å². The fourth-order valence-electron chi connectivity index (χ4n) is 4.18. The molecule has 0 spiro atoms. The molecule has 142 valence electrons. The molecule has 1 aromatic carbocycles. The minimum Gasteiger partial charge on any atom is -0.384 e. The first-order valence-corrected chi connectivity index (χ1v) is 9.79. The molecule has 1 saturated heterocycles. The molecule has 1 aliphatic carbocycles. The van der Waals surface area contributed by atoms with Gasteiger partial charge in [-0.15, -0.1) is 0 Å². The Kier molecular flexibility index (Phi) is 5.07. The van der Waals surface area contributed by atoms with Crippen molar-refractivity contribution in [3.63, 3.8) is 0 Å². The van der Waals surface area contributed by atoms with Crippen LogP contribution in [0.5, 0.6) is 0 Å². The topological polar surface area (TPSA) is 75.4 Å². The van der Waals surface area contributed by atoms with E-state index in [4.69, 9.17) is 5.73 Å². The van der Waals surface area contributed by atoms with Crippen molar-refractivity contribution in [2.24, 2.45) is 0 Å². The highest BCUT2D eigenvalue weighted by atomic mass is 16.2. The zero-order chi connectivity index (χ0) is 18.8. The Bertz CT molecular complexity index is 837. The Hall–Kier alpha value is -2.47. The Morgan fingerprint density at radius 2 is 2.07 bits per heavy atom. The molecule has 6 nitrogen and oxygen atoms in total. The molecule has 4 rings (SSSR count). The predicted molar refractivity (Wildman–Crippen MR) is 105 cm³/mol. The number of fused-ring (bicyclic) bond motifs is 1.